The number of halogens is 2. The fourth-order valence-electron chi connectivity index (χ4n) is 2.93. The highest BCUT2D eigenvalue weighted by atomic mass is 35.5. The predicted molar refractivity (Wildman–Crippen MR) is 93.6 cm³/mol. The largest absolute Gasteiger partial charge is 0.312 e. The van der Waals surface area contributed by atoms with E-state index in [1.54, 1.807) is 0 Å². The van der Waals surface area contributed by atoms with Crippen molar-refractivity contribution in [1.82, 2.24) is 20.0 Å². The molecule has 1 fully saturated rings. The van der Waals surface area contributed by atoms with Crippen LogP contribution in [0.4, 0.5) is 0 Å². The molecule has 0 radical (unpaired) electrons. The van der Waals surface area contributed by atoms with E-state index in [-0.39, 0.29) is 12.4 Å². The normalized spacial score (nSPS) is 19.0. The van der Waals surface area contributed by atoms with E-state index in [1.165, 1.54) is 5.56 Å². The maximum atomic E-state index is 6.33. The Morgan fingerprint density at radius 3 is 2.86 bits per heavy atom. The number of aryl methyl sites for hydroxylation is 1. The van der Waals surface area contributed by atoms with Crippen LogP contribution in [0.1, 0.15) is 12.5 Å². The van der Waals surface area contributed by atoms with Gasteiger partial charge in [-0.05, 0) is 13.0 Å². The number of nitrogens with one attached hydrogen (secondary N) is 1. The van der Waals surface area contributed by atoms with Crippen LogP contribution in [-0.2, 0) is 13.6 Å². The van der Waals surface area contributed by atoms with Crippen LogP contribution in [0.2, 0.25) is 5.02 Å². The zero-order chi connectivity index (χ0) is 14.8. The first-order valence-corrected chi connectivity index (χ1v) is 7.74. The molecule has 0 amide bonds. The minimum atomic E-state index is 0. The van der Waals surface area contributed by atoms with Crippen LogP contribution >= 0.6 is 24.0 Å². The lowest BCUT2D eigenvalue weighted by molar-refractivity contribution is 0.200. The molecule has 0 saturated carbocycles. The Balaban J connectivity index is 0.00000176. The van der Waals surface area contributed by atoms with E-state index in [0.717, 1.165) is 42.5 Å². The lowest BCUT2D eigenvalue weighted by atomic mass is 10.1. The van der Waals surface area contributed by atoms with Crippen molar-refractivity contribution in [3.63, 3.8) is 0 Å². The Morgan fingerprint density at radius 1 is 1.36 bits per heavy atom. The third kappa shape index (κ3) is 3.82. The SMILES string of the molecule is C[C@H]1CN(Cc2cn(C)nc2-c2ccccc2Cl)CCN1.Cl. The standard InChI is InChI=1S/C16H21ClN4.ClH/c1-12-9-21(8-7-18-12)11-13-10-20(2)19-16(13)14-5-3-4-6-15(14)17;/h3-6,10,12,18H,7-9,11H2,1-2H3;1H/t12-;/m0./s1. The quantitative estimate of drug-likeness (QED) is 0.932. The van der Waals surface area contributed by atoms with E-state index < -0.39 is 0 Å². The van der Waals surface area contributed by atoms with Crippen LogP contribution < -0.4 is 5.32 Å². The second-order valence-corrected chi connectivity index (χ2v) is 6.15. The lowest BCUT2D eigenvalue weighted by Crippen LogP contribution is -2.48. The minimum Gasteiger partial charge on any atom is -0.312 e. The van der Waals surface area contributed by atoms with Gasteiger partial charge in [-0.2, -0.15) is 5.10 Å². The van der Waals surface area contributed by atoms with Gasteiger partial charge < -0.3 is 5.32 Å². The average Bonchev–Trinajstić information content (AvgIpc) is 2.80. The summed E-state index contributed by atoms with van der Waals surface area (Å²) < 4.78 is 1.87. The molecule has 0 bridgehead atoms. The van der Waals surface area contributed by atoms with Gasteiger partial charge in [0.1, 0.15) is 0 Å². The molecule has 22 heavy (non-hydrogen) atoms. The molecule has 120 valence electrons. The molecule has 1 saturated heterocycles. The highest BCUT2D eigenvalue weighted by Crippen LogP contribution is 2.29. The molecule has 1 aromatic heterocycles. The summed E-state index contributed by atoms with van der Waals surface area (Å²) in [6, 6.07) is 8.45. The van der Waals surface area contributed by atoms with Crippen LogP contribution in [0.25, 0.3) is 11.3 Å². The van der Waals surface area contributed by atoms with E-state index in [1.807, 2.05) is 36.0 Å². The summed E-state index contributed by atoms with van der Waals surface area (Å²) >= 11 is 6.33. The molecule has 6 heteroatoms. The number of hydrogen-bond donors (Lipinski definition) is 1. The third-order valence-corrected chi connectivity index (χ3v) is 4.21. The fourth-order valence-corrected chi connectivity index (χ4v) is 3.16. The topological polar surface area (TPSA) is 33.1 Å². The smallest absolute Gasteiger partial charge is 0.0983 e. The molecule has 1 aromatic carbocycles. The van der Waals surface area contributed by atoms with E-state index in [4.69, 9.17) is 11.6 Å². The number of rotatable bonds is 3. The van der Waals surface area contributed by atoms with Gasteiger partial charge in [0.05, 0.1) is 10.7 Å². The summed E-state index contributed by atoms with van der Waals surface area (Å²) in [6.07, 6.45) is 2.10. The van der Waals surface area contributed by atoms with Crippen LogP contribution in [0, 0.1) is 0 Å². The van der Waals surface area contributed by atoms with E-state index >= 15 is 0 Å². The molecule has 4 nitrogen and oxygen atoms in total. The molecular formula is C16H22Cl2N4. The van der Waals surface area contributed by atoms with Gasteiger partial charge in [-0.15, -0.1) is 12.4 Å². The molecule has 1 atom stereocenters. The third-order valence-electron chi connectivity index (χ3n) is 3.88. The van der Waals surface area contributed by atoms with Crippen molar-refractivity contribution >= 4 is 24.0 Å². The molecule has 2 heterocycles. The fraction of sp³-hybridized carbons (Fsp3) is 0.438. The van der Waals surface area contributed by atoms with Gasteiger partial charge in [0.15, 0.2) is 0 Å². The Morgan fingerprint density at radius 2 is 2.14 bits per heavy atom. The summed E-state index contributed by atoms with van der Waals surface area (Å²) in [5.74, 6) is 0. The lowest BCUT2D eigenvalue weighted by Gasteiger charge is -2.31. The first kappa shape index (κ1) is 17.3. The van der Waals surface area contributed by atoms with Gasteiger partial charge in [0.25, 0.3) is 0 Å². The molecule has 3 rings (SSSR count). The van der Waals surface area contributed by atoms with Crippen molar-refractivity contribution < 1.29 is 0 Å². The Labute approximate surface area is 142 Å². The van der Waals surface area contributed by atoms with E-state index in [9.17, 15) is 0 Å². The average molecular weight is 341 g/mol. The summed E-state index contributed by atoms with van der Waals surface area (Å²) in [5, 5.41) is 8.85. The molecule has 0 spiro atoms. The van der Waals surface area contributed by atoms with Crippen LogP contribution in [0.15, 0.2) is 30.5 Å². The van der Waals surface area contributed by atoms with Crippen molar-refractivity contribution in [3.8, 4) is 11.3 Å². The Hall–Kier alpha value is -1.07. The van der Waals surface area contributed by atoms with E-state index in [0.29, 0.717) is 6.04 Å². The summed E-state index contributed by atoms with van der Waals surface area (Å²) in [5.41, 5.74) is 3.24. The number of piperazine rings is 1. The molecule has 1 aliphatic heterocycles. The van der Waals surface area contributed by atoms with Crippen molar-refractivity contribution in [1.29, 1.82) is 0 Å². The number of aromatic nitrogens is 2. The maximum absolute atomic E-state index is 6.33. The number of hydrogen-bond acceptors (Lipinski definition) is 3. The Kier molecular flexibility index (Phi) is 5.87. The molecule has 2 aromatic rings. The summed E-state index contributed by atoms with van der Waals surface area (Å²) in [7, 11) is 1.96. The molecule has 1 aliphatic rings. The number of nitrogens with zero attached hydrogens (tertiary/aromatic N) is 3. The van der Waals surface area contributed by atoms with E-state index in [2.05, 4.69) is 28.4 Å². The van der Waals surface area contributed by atoms with Crippen molar-refractivity contribution in [2.75, 3.05) is 19.6 Å². The van der Waals surface area contributed by atoms with Crippen LogP contribution in [-0.4, -0.2) is 40.4 Å². The Bertz CT molecular complexity index is 626. The molecule has 0 unspecified atom stereocenters. The molecule has 0 aliphatic carbocycles. The first-order chi connectivity index (χ1) is 10.1. The van der Waals surface area contributed by atoms with Gasteiger partial charge in [-0.1, -0.05) is 29.8 Å². The summed E-state index contributed by atoms with van der Waals surface area (Å²) in [4.78, 5) is 2.47. The van der Waals surface area contributed by atoms with Crippen LogP contribution in [0.5, 0.6) is 0 Å². The predicted octanol–water partition coefficient (Wildman–Crippen LogP) is 2.96. The highest BCUT2D eigenvalue weighted by Gasteiger charge is 2.19. The van der Waals surface area contributed by atoms with Gasteiger partial charge in [0, 0.05) is 56.6 Å². The minimum absolute atomic E-state index is 0. The zero-order valence-corrected chi connectivity index (χ0v) is 14.5. The number of benzene rings is 1. The van der Waals surface area contributed by atoms with Gasteiger partial charge in [-0.3, -0.25) is 9.58 Å². The van der Waals surface area contributed by atoms with Crippen LogP contribution in [0.3, 0.4) is 0 Å². The summed E-state index contributed by atoms with van der Waals surface area (Å²) in [6.45, 7) is 6.33. The second-order valence-electron chi connectivity index (χ2n) is 5.75. The van der Waals surface area contributed by atoms with Crippen molar-refractivity contribution in [2.45, 2.75) is 19.5 Å². The van der Waals surface area contributed by atoms with Gasteiger partial charge in [-0.25, -0.2) is 0 Å². The maximum Gasteiger partial charge on any atom is 0.0983 e. The zero-order valence-electron chi connectivity index (χ0n) is 12.9. The second kappa shape index (κ2) is 7.47. The van der Waals surface area contributed by atoms with Gasteiger partial charge in [0.2, 0.25) is 0 Å². The van der Waals surface area contributed by atoms with Gasteiger partial charge >= 0.3 is 0 Å². The monoisotopic (exact) mass is 340 g/mol. The first-order valence-electron chi connectivity index (χ1n) is 7.36. The van der Waals surface area contributed by atoms with Crippen molar-refractivity contribution in [3.05, 3.63) is 41.0 Å². The molecule has 1 N–H and O–H groups in total. The molecular weight excluding hydrogens is 319 g/mol. The van der Waals surface area contributed by atoms with Crippen molar-refractivity contribution in [2.24, 2.45) is 7.05 Å². The highest BCUT2D eigenvalue weighted by molar-refractivity contribution is 6.33.